The minimum Gasteiger partial charge on any atom is -0.461 e. The fraction of sp³-hybridized carbons (Fsp3) is 0.111. The lowest BCUT2D eigenvalue weighted by molar-refractivity contribution is 0.0949. The second kappa shape index (κ2) is 6.67. The summed E-state index contributed by atoms with van der Waals surface area (Å²) in [6, 6.07) is 12.8. The largest absolute Gasteiger partial charge is 0.461 e. The van der Waals surface area contributed by atoms with E-state index in [0.717, 1.165) is 11.1 Å². The first-order chi connectivity index (χ1) is 11.1. The van der Waals surface area contributed by atoms with E-state index in [1.807, 2.05) is 24.3 Å². The van der Waals surface area contributed by atoms with Gasteiger partial charge in [0.05, 0.1) is 5.56 Å². The Bertz CT molecular complexity index is 811. The summed E-state index contributed by atoms with van der Waals surface area (Å²) in [7, 11) is 0. The number of nitrogens with zero attached hydrogens (tertiary/aromatic N) is 1. The summed E-state index contributed by atoms with van der Waals surface area (Å²) in [5, 5.41) is 3.53. The van der Waals surface area contributed by atoms with E-state index in [1.54, 1.807) is 37.5 Å². The van der Waals surface area contributed by atoms with Crippen molar-refractivity contribution in [2.75, 3.05) is 0 Å². The summed E-state index contributed by atoms with van der Waals surface area (Å²) in [4.78, 5) is 16.3. The predicted octanol–water partition coefficient (Wildman–Crippen LogP) is 4.23. The van der Waals surface area contributed by atoms with Gasteiger partial charge in [-0.3, -0.25) is 9.78 Å². The van der Waals surface area contributed by atoms with Crippen molar-refractivity contribution < 1.29 is 9.21 Å². The molecule has 1 amide bonds. The number of rotatable bonds is 4. The molecule has 0 bridgehead atoms. The monoisotopic (exact) mass is 326 g/mol. The Labute approximate surface area is 139 Å². The average molecular weight is 327 g/mol. The van der Waals surface area contributed by atoms with Crippen LogP contribution in [-0.2, 0) is 6.54 Å². The van der Waals surface area contributed by atoms with Crippen molar-refractivity contribution in [3.63, 3.8) is 0 Å². The van der Waals surface area contributed by atoms with Crippen LogP contribution in [0.4, 0.5) is 0 Å². The van der Waals surface area contributed by atoms with E-state index >= 15 is 0 Å². The zero-order valence-corrected chi connectivity index (χ0v) is 13.3. The van der Waals surface area contributed by atoms with Crippen LogP contribution in [0.5, 0.6) is 0 Å². The van der Waals surface area contributed by atoms with Gasteiger partial charge in [0, 0.05) is 29.5 Å². The fourth-order valence-corrected chi connectivity index (χ4v) is 2.37. The summed E-state index contributed by atoms with van der Waals surface area (Å²) in [5.41, 5.74) is 2.35. The first-order valence-corrected chi connectivity index (χ1v) is 7.55. The normalized spacial score (nSPS) is 10.5. The van der Waals surface area contributed by atoms with E-state index < -0.39 is 0 Å². The maximum Gasteiger partial charge on any atom is 0.255 e. The molecule has 0 aliphatic carbocycles. The number of nitrogens with one attached hydrogen (secondary N) is 1. The molecule has 2 heterocycles. The van der Waals surface area contributed by atoms with Gasteiger partial charge in [0.15, 0.2) is 0 Å². The van der Waals surface area contributed by atoms with Gasteiger partial charge in [-0.2, -0.15) is 0 Å². The number of pyridine rings is 1. The average Bonchev–Trinajstić information content (AvgIpc) is 2.96. The minimum absolute atomic E-state index is 0.171. The Kier molecular flexibility index (Phi) is 4.44. The van der Waals surface area contributed by atoms with Gasteiger partial charge in [-0.15, -0.1) is 0 Å². The second-order valence-electron chi connectivity index (χ2n) is 5.13. The highest BCUT2D eigenvalue weighted by Gasteiger charge is 2.15. The van der Waals surface area contributed by atoms with Crippen LogP contribution < -0.4 is 5.32 Å². The van der Waals surface area contributed by atoms with Gasteiger partial charge in [0.1, 0.15) is 11.5 Å². The van der Waals surface area contributed by atoms with Gasteiger partial charge in [-0.25, -0.2) is 0 Å². The van der Waals surface area contributed by atoms with Gasteiger partial charge in [-0.05, 0) is 48.9 Å². The number of carbonyl (C=O) groups is 1. The first-order valence-electron chi connectivity index (χ1n) is 7.17. The molecule has 1 N–H and O–H groups in total. The molecule has 116 valence electrons. The molecule has 3 rings (SSSR count). The third-order valence-corrected chi connectivity index (χ3v) is 3.72. The van der Waals surface area contributed by atoms with Crippen molar-refractivity contribution in [1.82, 2.24) is 10.3 Å². The van der Waals surface area contributed by atoms with Crippen molar-refractivity contribution in [3.8, 4) is 11.3 Å². The van der Waals surface area contributed by atoms with Gasteiger partial charge < -0.3 is 9.73 Å². The number of amides is 1. The van der Waals surface area contributed by atoms with Crippen LogP contribution in [0, 0.1) is 6.92 Å². The highest BCUT2D eigenvalue weighted by molar-refractivity contribution is 6.30. The molecule has 3 aromatic rings. The van der Waals surface area contributed by atoms with Crippen LogP contribution in [0.15, 0.2) is 59.3 Å². The molecule has 0 atom stereocenters. The molecule has 2 aromatic heterocycles. The number of furan rings is 1. The zero-order valence-electron chi connectivity index (χ0n) is 12.5. The highest BCUT2D eigenvalue weighted by atomic mass is 35.5. The zero-order chi connectivity index (χ0) is 16.2. The predicted molar refractivity (Wildman–Crippen MR) is 89.3 cm³/mol. The van der Waals surface area contributed by atoms with Crippen molar-refractivity contribution in [2.45, 2.75) is 13.5 Å². The van der Waals surface area contributed by atoms with Crippen molar-refractivity contribution >= 4 is 17.5 Å². The summed E-state index contributed by atoms with van der Waals surface area (Å²) in [6.07, 6.45) is 3.42. The van der Waals surface area contributed by atoms with E-state index in [9.17, 15) is 4.79 Å². The molecule has 0 fully saturated rings. The molecule has 0 aliphatic rings. The number of hydrogen-bond acceptors (Lipinski definition) is 3. The third kappa shape index (κ3) is 3.60. The van der Waals surface area contributed by atoms with Gasteiger partial charge in [-0.1, -0.05) is 17.7 Å². The highest BCUT2D eigenvalue weighted by Crippen LogP contribution is 2.26. The summed E-state index contributed by atoms with van der Waals surface area (Å²) < 4.78 is 5.70. The third-order valence-electron chi connectivity index (χ3n) is 3.47. The lowest BCUT2D eigenvalue weighted by Crippen LogP contribution is -2.22. The number of benzene rings is 1. The molecule has 0 radical (unpaired) electrons. The van der Waals surface area contributed by atoms with E-state index in [-0.39, 0.29) is 5.91 Å². The van der Waals surface area contributed by atoms with Crippen LogP contribution in [0.1, 0.15) is 21.7 Å². The molecule has 0 saturated carbocycles. The van der Waals surface area contributed by atoms with E-state index in [0.29, 0.717) is 28.7 Å². The number of halogens is 1. The Morgan fingerprint density at radius 2 is 2.04 bits per heavy atom. The maximum atomic E-state index is 12.3. The van der Waals surface area contributed by atoms with Crippen LogP contribution >= 0.6 is 11.6 Å². The molecule has 0 saturated heterocycles. The Balaban J connectivity index is 1.75. The van der Waals surface area contributed by atoms with Crippen LogP contribution in [0.25, 0.3) is 11.3 Å². The van der Waals surface area contributed by atoms with Gasteiger partial charge in [0.2, 0.25) is 0 Å². The van der Waals surface area contributed by atoms with Crippen molar-refractivity contribution in [2.24, 2.45) is 0 Å². The molecule has 5 heteroatoms. The molecular weight excluding hydrogens is 312 g/mol. The van der Waals surface area contributed by atoms with E-state index in [2.05, 4.69) is 10.3 Å². The standard InChI is InChI=1S/C18H15ClN2O2/c1-12-16(18(22)21-11-13-3-2-8-20-10-13)9-17(23-12)14-4-6-15(19)7-5-14/h2-10H,11H2,1H3,(H,21,22). The lowest BCUT2D eigenvalue weighted by Gasteiger charge is -2.03. The second-order valence-corrected chi connectivity index (χ2v) is 5.57. The van der Waals surface area contributed by atoms with E-state index in [4.69, 9.17) is 16.0 Å². The van der Waals surface area contributed by atoms with Gasteiger partial charge >= 0.3 is 0 Å². The Morgan fingerprint density at radius 3 is 2.74 bits per heavy atom. The van der Waals surface area contributed by atoms with Crippen molar-refractivity contribution in [3.05, 3.63) is 76.8 Å². The fourth-order valence-electron chi connectivity index (χ4n) is 2.24. The summed E-state index contributed by atoms with van der Waals surface area (Å²) in [5.74, 6) is 1.06. The summed E-state index contributed by atoms with van der Waals surface area (Å²) >= 11 is 5.89. The molecule has 0 aliphatic heterocycles. The number of hydrogen-bond donors (Lipinski definition) is 1. The molecule has 0 unspecified atom stereocenters. The van der Waals surface area contributed by atoms with Crippen molar-refractivity contribution in [1.29, 1.82) is 0 Å². The number of carbonyl (C=O) groups excluding carboxylic acids is 1. The Hall–Kier alpha value is -2.59. The smallest absolute Gasteiger partial charge is 0.255 e. The molecule has 4 nitrogen and oxygen atoms in total. The molecule has 0 spiro atoms. The molecule has 1 aromatic carbocycles. The van der Waals surface area contributed by atoms with Crippen LogP contribution in [-0.4, -0.2) is 10.9 Å². The SMILES string of the molecule is Cc1oc(-c2ccc(Cl)cc2)cc1C(=O)NCc1cccnc1. The Morgan fingerprint density at radius 1 is 1.26 bits per heavy atom. The van der Waals surface area contributed by atoms with Gasteiger partial charge in [0.25, 0.3) is 5.91 Å². The van der Waals surface area contributed by atoms with Crippen LogP contribution in [0.3, 0.4) is 0 Å². The van der Waals surface area contributed by atoms with Crippen LogP contribution in [0.2, 0.25) is 5.02 Å². The topological polar surface area (TPSA) is 55.1 Å². The number of aromatic nitrogens is 1. The minimum atomic E-state index is -0.171. The lowest BCUT2D eigenvalue weighted by atomic mass is 10.1. The quantitative estimate of drug-likeness (QED) is 0.780. The molecular formula is C18H15ClN2O2. The molecule has 23 heavy (non-hydrogen) atoms. The number of aryl methyl sites for hydroxylation is 1. The maximum absolute atomic E-state index is 12.3. The van der Waals surface area contributed by atoms with E-state index in [1.165, 1.54) is 0 Å². The summed E-state index contributed by atoms with van der Waals surface area (Å²) in [6.45, 7) is 2.20. The first kappa shape index (κ1) is 15.3.